The Kier molecular flexibility index (Phi) is 3.59. The van der Waals surface area contributed by atoms with Crippen LogP contribution in [0.3, 0.4) is 0 Å². The van der Waals surface area contributed by atoms with Gasteiger partial charge in [-0.1, -0.05) is 12.1 Å². The fourth-order valence-corrected chi connectivity index (χ4v) is 1.50. The van der Waals surface area contributed by atoms with Crippen molar-refractivity contribution in [2.45, 2.75) is 11.3 Å². The third-order valence-corrected chi connectivity index (χ3v) is 2.59. The van der Waals surface area contributed by atoms with Gasteiger partial charge in [0.2, 0.25) is 0 Å². The molecule has 1 aromatic carbocycles. The molecule has 0 fully saturated rings. The highest BCUT2D eigenvalue weighted by atomic mass is 32.2. The van der Waals surface area contributed by atoms with E-state index < -0.39 is 11.2 Å². The Bertz CT molecular complexity index is 231. The van der Waals surface area contributed by atoms with Crippen LogP contribution in [0, 0.1) is 0 Å². The van der Waals surface area contributed by atoms with Crippen molar-refractivity contribution in [3.05, 3.63) is 29.8 Å². The second kappa shape index (κ2) is 4.50. The summed E-state index contributed by atoms with van der Waals surface area (Å²) >= 11 is -0.904. The van der Waals surface area contributed by atoms with E-state index in [9.17, 15) is 4.55 Å². The van der Waals surface area contributed by atoms with Gasteiger partial charge in [0.25, 0.3) is 0 Å². The third kappa shape index (κ3) is 2.52. The Hall–Kier alpha value is -0.510. The van der Waals surface area contributed by atoms with Crippen LogP contribution >= 0.6 is 0 Å². The van der Waals surface area contributed by atoms with Crippen molar-refractivity contribution in [3.8, 4) is 0 Å². The molecule has 0 heterocycles. The maximum absolute atomic E-state index is 11.0. The van der Waals surface area contributed by atoms with Crippen molar-refractivity contribution >= 4 is 11.2 Å². The van der Waals surface area contributed by atoms with Crippen LogP contribution in [-0.2, 0) is 17.6 Å². The maximum Gasteiger partial charge on any atom is 0.152 e. The highest BCUT2D eigenvalue weighted by Crippen LogP contribution is 2.10. The molecule has 0 aliphatic heterocycles. The predicted octanol–water partition coefficient (Wildman–Crippen LogP) is 0.959. The van der Waals surface area contributed by atoms with Crippen LogP contribution in [0.15, 0.2) is 29.2 Å². The molecule has 0 amide bonds. The Labute approximate surface area is 75.4 Å². The van der Waals surface area contributed by atoms with Crippen LogP contribution in [0.5, 0.6) is 0 Å². The van der Waals surface area contributed by atoms with E-state index in [4.69, 9.17) is 5.11 Å². The molecule has 1 unspecified atom stereocenters. The van der Waals surface area contributed by atoms with Gasteiger partial charge in [-0.2, -0.15) is 0 Å². The van der Waals surface area contributed by atoms with E-state index in [1.807, 2.05) is 24.3 Å². The Balaban J connectivity index is 2.71. The third-order valence-electron chi connectivity index (χ3n) is 1.66. The predicted molar refractivity (Wildman–Crippen MR) is 49.6 cm³/mol. The van der Waals surface area contributed by atoms with E-state index in [0.29, 0.717) is 6.42 Å². The molecule has 0 radical (unpaired) electrons. The number of rotatable bonds is 3. The summed E-state index contributed by atoms with van der Waals surface area (Å²) in [7, 11) is 0. The van der Waals surface area contributed by atoms with Gasteiger partial charge in [0, 0.05) is 6.61 Å². The quantitative estimate of drug-likeness (QED) is 0.711. The van der Waals surface area contributed by atoms with Crippen molar-refractivity contribution in [1.29, 1.82) is 0 Å². The van der Waals surface area contributed by atoms with E-state index in [2.05, 4.69) is 0 Å². The van der Waals surface area contributed by atoms with Crippen molar-refractivity contribution < 1.29 is 9.66 Å². The van der Waals surface area contributed by atoms with Crippen LogP contribution in [0.4, 0.5) is 0 Å². The van der Waals surface area contributed by atoms with E-state index in [-0.39, 0.29) is 6.61 Å². The SMILES string of the molecule is C[S+]([O-])c1ccc(CCO)cc1. The average Bonchev–Trinajstić information content (AvgIpc) is 2.06. The van der Waals surface area contributed by atoms with Gasteiger partial charge in [-0.25, -0.2) is 0 Å². The monoisotopic (exact) mass is 184 g/mol. The fourth-order valence-electron chi connectivity index (χ4n) is 0.977. The van der Waals surface area contributed by atoms with Gasteiger partial charge in [-0.3, -0.25) is 0 Å². The van der Waals surface area contributed by atoms with E-state index >= 15 is 0 Å². The summed E-state index contributed by atoms with van der Waals surface area (Å²) in [6.07, 6.45) is 2.32. The number of aliphatic hydroxyl groups is 1. The zero-order chi connectivity index (χ0) is 8.97. The van der Waals surface area contributed by atoms with Gasteiger partial charge in [0.05, 0.1) is 0 Å². The molecule has 0 saturated carbocycles. The Morgan fingerprint density at radius 2 is 1.92 bits per heavy atom. The molecular weight excluding hydrogens is 172 g/mol. The summed E-state index contributed by atoms with van der Waals surface area (Å²) in [5.41, 5.74) is 1.08. The zero-order valence-corrected chi connectivity index (χ0v) is 7.80. The zero-order valence-electron chi connectivity index (χ0n) is 6.99. The average molecular weight is 184 g/mol. The minimum absolute atomic E-state index is 0.161. The lowest BCUT2D eigenvalue weighted by Crippen LogP contribution is -1.97. The van der Waals surface area contributed by atoms with Crippen molar-refractivity contribution in [2.75, 3.05) is 12.9 Å². The van der Waals surface area contributed by atoms with Crippen molar-refractivity contribution in [3.63, 3.8) is 0 Å². The van der Waals surface area contributed by atoms with Crippen molar-refractivity contribution in [1.82, 2.24) is 0 Å². The van der Waals surface area contributed by atoms with Gasteiger partial charge in [-0.05, 0) is 35.3 Å². The van der Waals surface area contributed by atoms with Gasteiger partial charge >= 0.3 is 0 Å². The summed E-state index contributed by atoms with van der Waals surface area (Å²) in [6.45, 7) is 0.161. The molecule has 12 heavy (non-hydrogen) atoms. The number of hydrogen-bond acceptors (Lipinski definition) is 2. The van der Waals surface area contributed by atoms with Crippen LogP contribution < -0.4 is 0 Å². The molecule has 0 bridgehead atoms. The normalized spacial score (nSPS) is 12.9. The lowest BCUT2D eigenvalue weighted by atomic mass is 10.2. The topological polar surface area (TPSA) is 43.3 Å². The first-order valence-electron chi connectivity index (χ1n) is 3.77. The molecule has 1 N–H and O–H groups in total. The Morgan fingerprint density at radius 1 is 1.33 bits per heavy atom. The molecule has 66 valence electrons. The molecule has 1 atom stereocenters. The molecule has 0 aromatic heterocycles. The van der Waals surface area contributed by atoms with Crippen LogP contribution in [-0.4, -0.2) is 22.5 Å². The maximum atomic E-state index is 11.0. The molecule has 1 rings (SSSR count). The molecule has 0 aliphatic carbocycles. The van der Waals surface area contributed by atoms with E-state index in [1.54, 1.807) is 6.26 Å². The summed E-state index contributed by atoms with van der Waals surface area (Å²) in [5, 5.41) is 8.64. The second-order valence-electron chi connectivity index (χ2n) is 2.57. The molecule has 0 saturated heterocycles. The number of hydrogen-bond donors (Lipinski definition) is 1. The molecule has 0 aliphatic rings. The highest BCUT2D eigenvalue weighted by Gasteiger charge is 2.02. The summed E-state index contributed by atoms with van der Waals surface area (Å²) in [4.78, 5) is 0.830. The molecule has 2 nitrogen and oxygen atoms in total. The number of aliphatic hydroxyl groups excluding tert-OH is 1. The van der Waals surface area contributed by atoms with Crippen LogP contribution in [0.25, 0.3) is 0 Å². The van der Waals surface area contributed by atoms with Gasteiger partial charge < -0.3 is 9.66 Å². The van der Waals surface area contributed by atoms with Gasteiger partial charge in [0.1, 0.15) is 6.26 Å². The van der Waals surface area contributed by atoms with E-state index in [0.717, 1.165) is 10.5 Å². The van der Waals surface area contributed by atoms with E-state index in [1.165, 1.54) is 0 Å². The lowest BCUT2D eigenvalue weighted by molar-refractivity contribution is 0.299. The summed E-state index contributed by atoms with van der Waals surface area (Å²) < 4.78 is 11.0. The van der Waals surface area contributed by atoms with Crippen molar-refractivity contribution in [2.24, 2.45) is 0 Å². The minimum atomic E-state index is -0.904. The second-order valence-corrected chi connectivity index (χ2v) is 3.95. The lowest BCUT2D eigenvalue weighted by Gasteiger charge is -2.04. The van der Waals surface area contributed by atoms with Crippen LogP contribution in [0.1, 0.15) is 5.56 Å². The Morgan fingerprint density at radius 3 is 2.33 bits per heavy atom. The minimum Gasteiger partial charge on any atom is -0.612 e. The molecule has 1 aromatic rings. The molecule has 3 heteroatoms. The smallest absolute Gasteiger partial charge is 0.152 e. The molecular formula is C9H12O2S. The first kappa shape index (κ1) is 9.58. The number of benzene rings is 1. The standard InChI is InChI=1S/C9H12O2S/c1-12(11)9-4-2-8(3-5-9)6-7-10/h2-5,10H,6-7H2,1H3. The largest absolute Gasteiger partial charge is 0.612 e. The van der Waals surface area contributed by atoms with Gasteiger partial charge in [-0.15, -0.1) is 0 Å². The summed E-state index contributed by atoms with van der Waals surface area (Å²) in [5.74, 6) is 0. The first-order valence-corrected chi connectivity index (χ1v) is 5.33. The highest BCUT2D eigenvalue weighted by molar-refractivity contribution is 7.90. The van der Waals surface area contributed by atoms with Crippen LogP contribution in [0.2, 0.25) is 0 Å². The summed E-state index contributed by atoms with van der Waals surface area (Å²) in [6, 6.07) is 7.46. The first-order chi connectivity index (χ1) is 5.74. The fraction of sp³-hybridized carbons (Fsp3) is 0.333. The molecule has 0 spiro atoms. The van der Waals surface area contributed by atoms with Gasteiger partial charge in [0.15, 0.2) is 4.90 Å².